The summed E-state index contributed by atoms with van der Waals surface area (Å²) in [5.41, 5.74) is 5.45. The largest absolute Gasteiger partial charge is 0.380 e. The minimum Gasteiger partial charge on any atom is -0.380 e. The summed E-state index contributed by atoms with van der Waals surface area (Å²) in [6.07, 6.45) is 1.22. The minimum absolute atomic E-state index is 0.0348. The van der Waals surface area contributed by atoms with Crippen LogP contribution in [0.2, 0.25) is 0 Å². The maximum absolute atomic E-state index is 11.6. The number of ether oxygens (including phenoxy) is 1. The number of methoxy groups -OCH3 is 1. The number of rotatable bonds is 5. The third-order valence-corrected chi connectivity index (χ3v) is 2.77. The molecule has 0 saturated carbocycles. The Morgan fingerprint density at radius 3 is 2.93 bits per heavy atom. The molecule has 88 valence electrons. The normalized spacial score (nSPS) is 24.1. The Labute approximate surface area is 90.9 Å². The van der Waals surface area contributed by atoms with Gasteiger partial charge in [0.2, 0.25) is 5.91 Å². The van der Waals surface area contributed by atoms with Crippen molar-refractivity contribution in [3.63, 3.8) is 0 Å². The number of nitrogens with zero attached hydrogens (tertiary/aromatic N) is 1. The average Bonchev–Trinajstić information content (AvgIpc) is 2.60. The second-order valence-corrected chi connectivity index (χ2v) is 4.11. The van der Waals surface area contributed by atoms with Crippen LogP contribution in [0, 0.1) is 0 Å². The van der Waals surface area contributed by atoms with Crippen LogP contribution in [0.3, 0.4) is 0 Å². The molecule has 5 heteroatoms. The van der Waals surface area contributed by atoms with Crippen molar-refractivity contribution in [1.82, 2.24) is 10.2 Å². The summed E-state index contributed by atoms with van der Waals surface area (Å²) in [6, 6.07) is 0.290. The number of likely N-dealkylation sites (tertiary alicyclic amines) is 1. The van der Waals surface area contributed by atoms with Gasteiger partial charge in [0.1, 0.15) is 0 Å². The maximum atomic E-state index is 11.6. The van der Waals surface area contributed by atoms with Crippen molar-refractivity contribution in [2.75, 3.05) is 33.8 Å². The molecule has 0 aliphatic carbocycles. The van der Waals surface area contributed by atoms with Crippen LogP contribution in [0.15, 0.2) is 0 Å². The third-order valence-electron chi connectivity index (χ3n) is 2.77. The lowest BCUT2D eigenvalue weighted by Crippen LogP contribution is -2.39. The highest BCUT2D eigenvalue weighted by molar-refractivity contribution is 5.76. The van der Waals surface area contributed by atoms with Gasteiger partial charge in [-0.25, -0.2) is 0 Å². The van der Waals surface area contributed by atoms with Crippen molar-refractivity contribution in [1.29, 1.82) is 0 Å². The Bertz CT molecular complexity index is 207. The molecule has 2 atom stereocenters. The van der Waals surface area contributed by atoms with Crippen LogP contribution in [0.25, 0.3) is 0 Å². The Morgan fingerprint density at radius 2 is 2.47 bits per heavy atom. The highest BCUT2D eigenvalue weighted by Gasteiger charge is 2.21. The number of hydrogen-bond acceptors (Lipinski definition) is 4. The summed E-state index contributed by atoms with van der Waals surface area (Å²) in [6.45, 7) is 2.37. The summed E-state index contributed by atoms with van der Waals surface area (Å²) in [5.74, 6) is 0.0348. The SMILES string of the molecule is COC(CN)CC(=O)NC1CCN(C)C1. The molecule has 2 unspecified atom stereocenters. The van der Waals surface area contributed by atoms with Gasteiger partial charge in [-0.1, -0.05) is 0 Å². The zero-order chi connectivity index (χ0) is 11.3. The number of nitrogens with two attached hydrogens (primary N) is 1. The second kappa shape index (κ2) is 6.05. The van der Waals surface area contributed by atoms with Crippen LogP contribution in [0.4, 0.5) is 0 Å². The molecule has 1 heterocycles. The van der Waals surface area contributed by atoms with Gasteiger partial charge >= 0.3 is 0 Å². The zero-order valence-electron chi connectivity index (χ0n) is 9.53. The van der Waals surface area contributed by atoms with Gasteiger partial charge in [-0.15, -0.1) is 0 Å². The van der Waals surface area contributed by atoms with Crippen molar-refractivity contribution in [3.8, 4) is 0 Å². The summed E-state index contributed by atoms with van der Waals surface area (Å²) >= 11 is 0. The molecule has 5 nitrogen and oxygen atoms in total. The van der Waals surface area contributed by atoms with Crippen LogP contribution < -0.4 is 11.1 Å². The van der Waals surface area contributed by atoms with E-state index in [1.165, 1.54) is 0 Å². The first-order chi connectivity index (χ1) is 7.15. The summed E-state index contributed by atoms with van der Waals surface area (Å²) in [4.78, 5) is 13.8. The van der Waals surface area contributed by atoms with Gasteiger partial charge in [0, 0.05) is 26.2 Å². The van der Waals surface area contributed by atoms with Crippen molar-refractivity contribution in [2.24, 2.45) is 5.73 Å². The Hall–Kier alpha value is -0.650. The predicted octanol–water partition coefficient (Wildman–Crippen LogP) is -0.829. The predicted molar refractivity (Wildman–Crippen MR) is 58.5 cm³/mol. The first-order valence-corrected chi connectivity index (χ1v) is 5.36. The number of hydrogen-bond donors (Lipinski definition) is 2. The molecular weight excluding hydrogens is 194 g/mol. The van der Waals surface area contributed by atoms with Gasteiger partial charge in [0.05, 0.1) is 12.5 Å². The monoisotopic (exact) mass is 215 g/mol. The smallest absolute Gasteiger partial charge is 0.222 e. The van der Waals surface area contributed by atoms with E-state index in [2.05, 4.69) is 17.3 Å². The van der Waals surface area contributed by atoms with Gasteiger partial charge in [-0.05, 0) is 20.0 Å². The lowest BCUT2D eigenvalue weighted by Gasteiger charge is -2.16. The molecule has 1 fully saturated rings. The number of amides is 1. The molecular formula is C10H21N3O2. The lowest BCUT2D eigenvalue weighted by atomic mass is 10.2. The molecule has 1 rings (SSSR count). The number of carbonyl (C=O) groups excluding carboxylic acids is 1. The van der Waals surface area contributed by atoms with E-state index in [1.54, 1.807) is 7.11 Å². The molecule has 0 aromatic heterocycles. The van der Waals surface area contributed by atoms with E-state index in [9.17, 15) is 4.79 Å². The summed E-state index contributed by atoms with van der Waals surface area (Å²) < 4.78 is 5.06. The molecule has 0 aromatic rings. The summed E-state index contributed by atoms with van der Waals surface area (Å²) in [7, 11) is 3.64. The van der Waals surface area contributed by atoms with Crippen molar-refractivity contribution < 1.29 is 9.53 Å². The molecule has 15 heavy (non-hydrogen) atoms. The molecule has 1 aliphatic rings. The highest BCUT2D eigenvalue weighted by atomic mass is 16.5. The average molecular weight is 215 g/mol. The molecule has 0 radical (unpaired) electrons. The van der Waals surface area contributed by atoms with E-state index < -0.39 is 0 Å². The molecule has 0 spiro atoms. The molecule has 0 bridgehead atoms. The van der Waals surface area contributed by atoms with Crippen LogP contribution in [-0.2, 0) is 9.53 Å². The molecule has 1 aliphatic heterocycles. The Morgan fingerprint density at radius 1 is 1.73 bits per heavy atom. The fourth-order valence-electron chi connectivity index (χ4n) is 1.81. The van der Waals surface area contributed by atoms with Crippen LogP contribution in [0.1, 0.15) is 12.8 Å². The van der Waals surface area contributed by atoms with Crippen LogP contribution >= 0.6 is 0 Å². The van der Waals surface area contributed by atoms with Gasteiger partial charge in [0.15, 0.2) is 0 Å². The molecule has 0 aromatic carbocycles. The minimum atomic E-state index is -0.163. The molecule has 3 N–H and O–H groups in total. The first kappa shape index (κ1) is 12.4. The van der Waals surface area contributed by atoms with Gasteiger partial charge in [-0.3, -0.25) is 4.79 Å². The highest BCUT2D eigenvalue weighted by Crippen LogP contribution is 2.06. The Kier molecular flexibility index (Phi) is 5.01. The van der Waals surface area contributed by atoms with Crippen molar-refractivity contribution in [3.05, 3.63) is 0 Å². The van der Waals surface area contributed by atoms with E-state index >= 15 is 0 Å². The maximum Gasteiger partial charge on any atom is 0.222 e. The van der Waals surface area contributed by atoms with E-state index in [0.29, 0.717) is 13.0 Å². The number of carbonyl (C=O) groups is 1. The lowest BCUT2D eigenvalue weighted by molar-refractivity contribution is -0.124. The van der Waals surface area contributed by atoms with Crippen LogP contribution in [0.5, 0.6) is 0 Å². The number of nitrogens with one attached hydrogen (secondary N) is 1. The topological polar surface area (TPSA) is 67.6 Å². The number of likely N-dealkylation sites (N-methyl/N-ethyl adjacent to an activating group) is 1. The standard InChI is InChI=1S/C10H21N3O2/c1-13-4-3-8(7-13)12-10(14)5-9(6-11)15-2/h8-9H,3-7,11H2,1-2H3,(H,12,14). The van der Waals surface area contributed by atoms with Crippen LogP contribution in [-0.4, -0.2) is 56.7 Å². The quantitative estimate of drug-likeness (QED) is 0.628. The third kappa shape index (κ3) is 4.15. The van der Waals surface area contributed by atoms with E-state index in [-0.39, 0.29) is 18.1 Å². The van der Waals surface area contributed by atoms with E-state index in [4.69, 9.17) is 10.5 Å². The zero-order valence-corrected chi connectivity index (χ0v) is 9.53. The fraction of sp³-hybridized carbons (Fsp3) is 0.900. The van der Waals surface area contributed by atoms with Gasteiger partial charge in [-0.2, -0.15) is 0 Å². The second-order valence-electron chi connectivity index (χ2n) is 4.11. The fourth-order valence-corrected chi connectivity index (χ4v) is 1.81. The first-order valence-electron chi connectivity index (χ1n) is 5.36. The molecule has 1 amide bonds. The van der Waals surface area contributed by atoms with Gasteiger partial charge in [0.25, 0.3) is 0 Å². The molecule has 1 saturated heterocycles. The van der Waals surface area contributed by atoms with Crippen molar-refractivity contribution >= 4 is 5.91 Å². The summed E-state index contributed by atoms with van der Waals surface area (Å²) in [5, 5.41) is 2.99. The Balaban J connectivity index is 2.23. The van der Waals surface area contributed by atoms with E-state index in [0.717, 1.165) is 19.5 Å². The van der Waals surface area contributed by atoms with E-state index in [1.807, 2.05) is 0 Å². The van der Waals surface area contributed by atoms with Gasteiger partial charge < -0.3 is 20.7 Å². The van der Waals surface area contributed by atoms with Crippen molar-refractivity contribution in [2.45, 2.75) is 25.0 Å².